The summed E-state index contributed by atoms with van der Waals surface area (Å²) >= 11 is 0. The number of hydrogen-bond acceptors (Lipinski definition) is 2. The highest BCUT2D eigenvalue weighted by atomic mass is 19.1. The summed E-state index contributed by atoms with van der Waals surface area (Å²) in [5.74, 6) is -2.54. The lowest BCUT2D eigenvalue weighted by Gasteiger charge is -2.00. The van der Waals surface area contributed by atoms with Gasteiger partial charge in [-0.3, -0.25) is 14.0 Å². The van der Waals surface area contributed by atoms with Crippen LogP contribution in [0.5, 0.6) is 0 Å². The van der Waals surface area contributed by atoms with Crippen molar-refractivity contribution in [3.05, 3.63) is 0 Å². The summed E-state index contributed by atoms with van der Waals surface area (Å²) in [7, 11) is 0. The zero-order valence-corrected chi connectivity index (χ0v) is 5.63. The molecule has 1 atom stereocenters. The zero-order valence-electron chi connectivity index (χ0n) is 5.63. The molecule has 1 N–H and O–H groups in total. The molecule has 0 fully saturated rings. The van der Waals surface area contributed by atoms with Gasteiger partial charge in [-0.05, 0) is 0 Å². The average molecular weight is 148 g/mol. The summed E-state index contributed by atoms with van der Waals surface area (Å²) in [4.78, 5) is 20.5. The summed E-state index contributed by atoms with van der Waals surface area (Å²) in [6.07, 6.45) is -0.578. The summed E-state index contributed by atoms with van der Waals surface area (Å²) in [6.45, 7) is 0.581. The smallest absolute Gasteiger partial charge is 0.310 e. The molecule has 0 aliphatic heterocycles. The Hall–Kier alpha value is -0.930. The Morgan fingerprint density at radius 1 is 1.60 bits per heavy atom. The van der Waals surface area contributed by atoms with E-state index in [0.29, 0.717) is 0 Å². The Balaban J connectivity index is 3.73. The Kier molecular flexibility index (Phi) is 3.61. The van der Waals surface area contributed by atoms with Crippen LogP contribution in [0.3, 0.4) is 0 Å². The van der Waals surface area contributed by atoms with Crippen LogP contribution >= 0.6 is 0 Å². The van der Waals surface area contributed by atoms with Gasteiger partial charge in [0, 0.05) is 5.92 Å². The molecule has 0 aliphatic rings. The van der Waals surface area contributed by atoms with Gasteiger partial charge in [-0.15, -0.1) is 0 Å². The molecule has 0 aromatic heterocycles. The molecule has 0 bridgehead atoms. The van der Waals surface area contributed by atoms with Crippen LogP contribution < -0.4 is 0 Å². The fourth-order valence-corrected chi connectivity index (χ4v) is 0.409. The highest BCUT2D eigenvalue weighted by Gasteiger charge is 2.15. The maximum Gasteiger partial charge on any atom is 0.310 e. The fraction of sp³-hybridized carbons (Fsp3) is 0.667. The molecule has 0 aliphatic carbocycles. The number of carbonyl (C=O) groups excluding carboxylic acids is 1. The summed E-state index contributed by atoms with van der Waals surface area (Å²) < 4.78 is 11.7. The maximum absolute atomic E-state index is 11.7. The molecule has 3 nitrogen and oxygen atoms in total. The molecule has 4 heteroatoms. The van der Waals surface area contributed by atoms with Gasteiger partial charge >= 0.3 is 5.97 Å². The molecule has 10 heavy (non-hydrogen) atoms. The van der Waals surface area contributed by atoms with Crippen LogP contribution in [0.25, 0.3) is 0 Å². The number of Topliss-reactive ketones (excluding diaryl/α,β-unsaturated/α-hetero) is 1. The van der Waals surface area contributed by atoms with Gasteiger partial charge in [0.25, 0.3) is 0 Å². The molecule has 1 unspecified atom stereocenters. The lowest BCUT2D eigenvalue weighted by Crippen LogP contribution is -2.16. The molecular formula is C6H9FO3. The van der Waals surface area contributed by atoms with Crippen LogP contribution in [0.4, 0.5) is 4.39 Å². The van der Waals surface area contributed by atoms with E-state index in [9.17, 15) is 14.0 Å². The van der Waals surface area contributed by atoms with Crippen LogP contribution in [0.1, 0.15) is 13.3 Å². The van der Waals surface area contributed by atoms with Crippen molar-refractivity contribution in [1.82, 2.24) is 0 Å². The molecule has 0 spiro atoms. The maximum atomic E-state index is 11.7. The van der Waals surface area contributed by atoms with Gasteiger partial charge < -0.3 is 5.11 Å². The minimum absolute atomic E-state index is 0.560. The largest absolute Gasteiger partial charge is 0.481 e. The third kappa shape index (κ3) is 3.17. The molecule has 58 valence electrons. The number of alkyl halides is 1. The van der Waals surface area contributed by atoms with E-state index in [1.54, 1.807) is 0 Å². The zero-order chi connectivity index (χ0) is 8.15. The fourth-order valence-electron chi connectivity index (χ4n) is 0.409. The Bertz CT molecular complexity index is 144. The van der Waals surface area contributed by atoms with Gasteiger partial charge in [0.1, 0.15) is 12.2 Å². The first-order chi connectivity index (χ1) is 4.57. The molecule has 0 rings (SSSR count). The van der Waals surface area contributed by atoms with Gasteiger partial charge in [0.2, 0.25) is 0 Å². The molecular weight excluding hydrogens is 139 g/mol. The van der Waals surface area contributed by atoms with E-state index < -0.39 is 30.8 Å². The number of carboxylic acids is 1. The van der Waals surface area contributed by atoms with E-state index in [-0.39, 0.29) is 0 Å². The molecule has 0 saturated carbocycles. The van der Waals surface area contributed by atoms with Gasteiger partial charge in [-0.25, -0.2) is 0 Å². The number of rotatable bonds is 4. The molecule has 0 saturated heterocycles. The summed E-state index contributed by atoms with van der Waals surface area (Å²) in [5, 5.41) is 8.09. The van der Waals surface area contributed by atoms with Crippen molar-refractivity contribution in [2.45, 2.75) is 13.3 Å². The van der Waals surface area contributed by atoms with Crippen LogP contribution in [0.15, 0.2) is 0 Å². The van der Waals surface area contributed by atoms with Crippen LogP contribution in [-0.2, 0) is 9.59 Å². The number of hydrogen-bond donors (Lipinski definition) is 1. The summed E-state index contributed by atoms with van der Waals surface area (Å²) in [6, 6.07) is 0. The highest BCUT2D eigenvalue weighted by molar-refractivity contribution is 5.95. The van der Waals surface area contributed by atoms with Crippen LogP contribution in [0, 0.1) is 5.92 Å². The van der Waals surface area contributed by atoms with Gasteiger partial charge in [0.15, 0.2) is 0 Å². The van der Waals surface area contributed by atoms with Gasteiger partial charge in [0.05, 0.1) is 6.67 Å². The highest BCUT2D eigenvalue weighted by Crippen LogP contribution is 2.00. The van der Waals surface area contributed by atoms with E-state index in [0.717, 1.165) is 0 Å². The van der Waals surface area contributed by atoms with Crippen molar-refractivity contribution in [1.29, 1.82) is 0 Å². The van der Waals surface area contributed by atoms with Gasteiger partial charge in [-0.1, -0.05) is 6.92 Å². The number of aliphatic carboxylic acids is 1. The quantitative estimate of drug-likeness (QED) is 0.595. The Morgan fingerprint density at radius 3 is 2.40 bits per heavy atom. The molecule has 0 aromatic carbocycles. The normalized spacial score (nSPS) is 12.6. The lowest BCUT2D eigenvalue weighted by atomic mass is 10.1. The standard InChI is InChI=1S/C6H9FO3/c1-4(3-7)5(8)2-6(9)10/h4H,2-3H2,1H3,(H,9,10). The van der Waals surface area contributed by atoms with E-state index in [4.69, 9.17) is 5.11 Å². The van der Waals surface area contributed by atoms with E-state index in [2.05, 4.69) is 0 Å². The molecule has 0 amide bonds. The monoisotopic (exact) mass is 148 g/mol. The second kappa shape index (κ2) is 3.98. The summed E-state index contributed by atoms with van der Waals surface area (Å²) in [5.41, 5.74) is 0. The first-order valence-electron chi connectivity index (χ1n) is 2.88. The first-order valence-corrected chi connectivity index (χ1v) is 2.88. The second-order valence-electron chi connectivity index (χ2n) is 2.09. The van der Waals surface area contributed by atoms with Crippen molar-refractivity contribution in [3.8, 4) is 0 Å². The van der Waals surface area contributed by atoms with Crippen molar-refractivity contribution in [3.63, 3.8) is 0 Å². The second-order valence-corrected chi connectivity index (χ2v) is 2.09. The Morgan fingerprint density at radius 2 is 2.10 bits per heavy atom. The first kappa shape index (κ1) is 9.07. The number of carbonyl (C=O) groups is 2. The lowest BCUT2D eigenvalue weighted by molar-refractivity contribution is -0.141. The minimum Gasteiger partial charge on any atom is -0.481 e. The number of halogens is 1. The SMILES string of the molecule is CC(CF)C(=O)CC(=O)O. The van der Waals surface area contributed by atoms with E-state index in [1.807, 2.05) is 0 Å². The average Bonchev–Trinajstić information content (AvgIpc) is 1.85. The predicted molar refractivity (Wildman–Crippen MR) is 32.4 cm³/mol. The third-order valence-electron chi connectivity index (χ3n) is 1.11. The molecule has 0 heterocycles. The van der Waals surface area contributed by atoms with Crippen molar-refractivity contribution >= 4 is 11.8 Å². The van der Waals surface area contributed by atoms with E-state index >= 15 is 0 Å². The van der Waals surface area contributed by atoms with Gasteiger partial charge in [-0.2, -0.15) is 0 Å². The molecule has 0 radical (unpaired) electrons. The topological polar surface area (TPSA) is 54.4 Å². The van der Waals surface area contributed by atoms with Crippen LogP contribution in [-0.4, -0.2) is 23.5 Å². The Labute approximate surface area is 57.8 Å². The van der Waals surface area contributed by atoms with Crippen molar-refractivity contribution in [2.24, 2.45) is 5.92 Å². The predicted octanol–water partition coefficient (Wildman–Crippen LogP) is 0.636. The van der Waals surface area contributed by atoms with Crippen molar-refractivity contribution in [2.75, 3.05) is 6.67 Å². The van der Waals surface area contributed by atoms with E-state index in [1.165, 1.54) is 6.92 Å². The van der Waals surface area contributed by atoms with Crippen molar-refractivity contribution < 1.29 is 19.1 Å². The number of carboxylic acid groups (broad SMARTS) is 1. The molecule has 0 aromatic rings. The third-order valence-corrected chi connectivity index (χ3v) is 1.11. The number of ketones is 1. The minimum atomic E-state index is -1.20. The van der Waals surface area contributed by atoms with Crippen LogP contribution in [0.2, 0.25) is 0 Å².